The minimum Gasteiger partial charge on any atom is -0.438 e. The van der Waals surface area contributed by atoms with Crippen LogP contribution in [0.15, 0.2) is 55.0 Å². The molecule has 3 aromatic rings. The molecule has 2 aromatic heterocycles. The molecule has 24 heavy (non-hydrogen) atoms. The Morgan fingerprint density at radius 2 is 2.04 bits per heavy atom. The van der Waals surface area contributed by atoms with Crippen molar-refractivity contribution in [2.45, 2.75) is 20.3 Å². The monoisotopic (exact) mass is 321 g/mol. The lowest BCUT2D eigenvalue weighted by Crippen LogP contribution is -2.02. The van der Waals surface area contributed by atoms with E-state index in [1.165, 1.54) is 6.33 Å². The van der Waals surface area contributed by atoms with Crippen molar-refractivity contribution < 1.29 is 9.53 Å². The Morgan fingerprint density at radius 1 is 1.25 bits per heavy atom. The number of carbonyl (C=O) groups excluding carboxylic acids is 1. The van der Waals surface area contributed by atoms with Gasteiger partial charge in [-0.15, -0.1) is 0 Å². The number of aromatic amines is 1. The summed E-state index contributed by atoms with van der Waals surface area (Å²) in [5, 5.41) is 0.836. The van der Waals surface area contributed by atoms with Gasteiger partial charge in [-0.05, 0) is 30.2 Å². The van der Waals surface area contributed by atoms with Gasteiger partial charge in [-0.1, -0.05) is 38.1 Å². The highest BCUT2D eigenvalue weighted by Crippen LogP contribution is 2.29. The van der Waals surface area contributed by atoms with E-state index in [0.29, 0.717) is 12.3 Å². The summed E-state index contributed by atoms with van der Waals surface area (Å²) in [6.07, 6.45) is 7.45. The van der Waals surface area contributed by atoms with Gasteiger partial charge in [0.25, 0.3) is 0 Å². The second-order valence-electron chi connectivity index (χ2n) is 5.80. The molecule has 0 fully saturated rings. The Hall–Kier alpha value is -2.95. The van der Waals surface area contributed by atoms with Crippen molar-refractivity contribution in [3.05, 3.63) is 60.6 Å². The zero-order valence-electron chi connectivity index (χ0n) is 13.7. The van der Waals surface area contributed by atoms with Crippen LogP contribution < -0.4 is 4.74 Å². The number of H-pyrrole nitrogens is 1. The summed E-state index contributed by atoms with van der Waals surface area (Å²) in [5.74, 6) is 1.34. The summed E-state index contributed by atoms with van der Waals surface area (Å²) in [5.41, 5.74) is 1.71. The van der Waals surface area contributed by atoms with Crippen LogP contribution in [0.2, 0.25) is 0 Å². The van der Waals surface area contributed by atoms with E-state index in [0.717, 1.165) is 22.3 Å². The molecular weight excluding hydrogens is 302 g/mol. The molecule has 0 amide bonds. The standard InChI is InChI=1S/C19H19N3O2/c1-13(2)16(23)10-6-7-14-11-20-18-17(14)19(22-12-21-18)24-15-8-4-3-5-9-15/h3-6,8-13H,7H2,1-2H3,(H,20,21,22)/b10-6+. The summed E-state index contributed by atoms with van der Waals surface area (Å²) in [4.78, 5) is 23.3. The minimum atomic E-state index is 0.00419. The molecule has 0 aliphatic carbocycles. The van der Waals surface area contributed by atoms with E-state index in [2.05, 4.69) is 15.0 Å². The lowest BCUT2D eigenvalue weighted by atomic mass is 10.1. The summed E-state index contributed by atoms with van der Waals surface area (Å²) in [6.45, 7) is 3.77. The third kappa shape index (κ3) is 3.51. The molecule has 0 bridgehead atoms. The van der Waals surface area contributed by atoms with Crippen LogP contribution in [0.3, 0.4) is 0 Å². The van der Waals surface area contributed by atoms with Gasteiger partial charge in [0.1, 0.15) is 17.7 Å². The van der Waals surface area contributed by atoms with Crippen LogP contribution in [0.4, 0.5) is 0 Å². The zero-order chi connectivity index (χ0) is 16.9. The second kappa shape index (κ2) is 7.08. The number of hydrogen-bond acceptors (Lipinski definition) is 4. The third-order valence-electron chi connectivity index (χ3n) is 3.66. The van der Waals surface area contributed by atoms with Gasteiger partial charge in [0.05, 0.1) is 5.39 Å². The Morgan fingerprint density at radius 3 is 2.79 bits per heavy atom. The Labute approximate surface area is 140 Å². The van der Waals surface area contributed by atoms with Crippen LogP contribution in [0.25, 0.3) is 11.0 Å². The van der Waals surface area contributed by atoms with Crippen LogP contribution in [-0.2, 0) is 11.2 Å². The molecule has 1 aromatic carbocycles. The zero-order valence-corrected chi connectivity index (χ0v) is 13.7. The molecule has 1 N–H and O–H groups in total. The van der Waals surface area contributed by atoms with E-state index >= 15 is 0 Å². The number of nitrogens with one attached hydrogen (secondary N) is 1. The number of benzene rings is 1. The molecule has 0 saturated heterocycles. The molecule has 2 heterocycles. The number of carbonyl (C=O) groups is 1. The fourth-order valence-corrected chi connectivity index (χ4v) is 2.33. The predicted molar refractivity (Wildman–Crippen MR) is 93.1 cm³/mol. The molecule has 3 rings (SSSR count). The first-order valence-corrected chi connectivity index (χ1v) is 7.89. The van der Waals surface area contributed by atoms with E-state index in [1.807, 2.05) is 56.5 Å². The van der Waals surface area contributed by atoms with E-state index in [1.54, 1.807) is 6.08 Å². The van der Waals surface area contributed by atoms with Gasteiger partial charge in [-0.3, -0.25) is 4.79 Å². The van der Waals surface area contributed by atoms with Gasteiger partial charge < -0.3 is 9.72 Å². The first-order valence-electron chi connectivity index (χ1n) is 7.89. The maximum atomic E-state index is 11.7. The average Bonchev–Trinajstić information content (AvgIpc) is 3.00. The summed E-state index contributed by atoms with van der Waals surface area (Å²) >= 11 is 0. The molecule has 0 aliphatic heterocycles. The highest BCUT2D eigenvalue weighted by molar-refractivity contribution is 5.91. The lowest BCUT2D eigenvalue weighted by molar-refractivity contribution is -0.117. The van der Waals surface area contributed by atoms with Crippen molar-refractivity contribution >= 4 is 16.8 Å². The van der Waals surface area contributed by atoms with Crippen LogP contribution in [0.1, 0.15) is 19.4 Å². The fourth-order valence-electron chi connectivity index (χ4n) is 2.33. The normalized spacial score (nSPS) is 11.5. The average molecular weight is 321 g/mol. The maximum absolute atomic E-state index is 11.7. The van der Waals surface area contributed by atoms with Crippen LogP contribution in [0, 0.1) is 5.92 Å². The van der Waals surface area contributed by atoms with E-state index < -0.39 is 0 Å². The number of ketones is 1. The van der Waals surface area contributed by atoms with Crippen molar-refractivity contribution in [3.63, 3.8) is 0 Å². The van der Waals surface area contributed by atoms with Crippen LogP contribution in [0.5, 0.6) is 11.6 Å². The van der Waals surface area contributed by atoms with E-state index in [4.69, 9.17) is 4.74 Å². The van der Waals surface area contributed by atoms with E-state index in [9.17, 15) is 4.79 Å². The predicted octanol–water partition coefficient (Wildman–Crippen LogP) is 4.07. The van der Waals surface area contributed by atoms with Crippen LogP contribution >= 0.6 is 0 Å². The topological polar surface area (TPSA) is 67.9 Å². The number of nitrogens with zero attached hydrogens (tertiary/aromatic N) is 2. The number of allylic oxidation sites excluding steroid dienone is 2. The molecule has 5 nitrogen and oxygen atoms in total. The largest absolute Gasteiger partial charge is 0.438 e. The van der Waals surface area contributed by atoms with Crippen molar-refractivity contribution in [2.75, 3.05) is 0 Å². The van der Waals surface area contributed by atoms with Crippen LogP contribution in [-0.4, -0.2) is 20.7 Å². The SMILES string of the molecule is CC(C)C(=O)/C=C/Cc1c[nH]c2ncnc(Oc3ccccc3)c12. The smallest absolute Gasteiger partial charge is 0.232 e. The van der Waals surface area contributed by atoms with Crippen molar-refractivity contribution in [2.24, 2.45) is 5.92 Å². The van der Waals surface area contributed by atoms with Gasteiger partial charge in [0, 0.05) is 12.1 Å². The van der Waals surface area contributed by atoms with Gasteiger partial charge in [-0.25, -0.2) is 9.97 Å². The van der Waals surface area contributed by atoms with Crippen molar-refractivity contribution in [1.82, 2.24) is 15.0 Å². The second-order valence-corrected chi connectivity index (χ2v) is 5.80. The number of fused-ring (bicyclic) bond motifs is 1. The molecular formula is C19H19N3O2. The van der Waals surface area contributed by atoms with Gasteiger partial charge in [0.15, 0.2) is 5.78 Å². The molecule has 122 valence electrons. The number of ether oxygens (including phenoxy) is 1. The molecule has 0 atom stereocenters. The first kappa shape index (κ1) is 15.9. The highest BCUT2D eigenvalue weighted by Gasteiger charge is 2.12. The van der Waals surface area contributed by atoms with Crippen molar-refractivity contribution in [1.29, 1.82) is 0 Å². The Balaban J connectivity index is 1.88. The molecule has 0 aliphatic rings. The number of para-hydroxylation sites is 1. The van der Waals surface area contributed by atoms with E-state index in [-0.39, 0.29) is 11.7 Å². The fraction of sp³-hybridized carbons (Fsp3) is 0.211. The number of hydrogen-bond donors (Lipinski definition) is 1. The van der Waals surface area contributed by atoms with Gasteiger partial charge in [-0.2, -0.15) is 0 Å². The third-order valence-corrected chi connectivity index (χ3v) is 3.66. The Bertz CT molecular complexity index is 867. The van der Waals surface area contributed by atoms with Gasteiger partial charge >= 0.3 is 0 Å². The number of aromatic nitrogens is 3. The van der Waals surface area contributed by atoms with Gasteiger partial charge in [0.2, 0.25) is 5.88 Å². The Kier molecular flexibility index (Phi) is 4.70. The molecule has 0 saturated carbocycles. The molecule has 0 radical (unpaired) electrons. The lowest BCUT2D eigenvalue weighted by Gasteiger charge is -2.06. The van der Waals surface area contributed by atoms with Crippen molar-refractivity contribution in [3.8, 4) is 11.6 Å². The molecule has 5 heteroatoms. The summed E-state index contributed by atoms with van der Waals surface area (Å²) in [7, 11) is 0. The quantitative estimate of drug-likeness (QED) is 0.695. The number of rotatable bonds is 6. The maximum Gasteiger partial charge on any atom is 0.232 e. The summed E-state index contributed by atoms with van der Waals surface area (Å²) < 4.78 is 5.89. The minimum absolute atomic E-state index is 0.00419. The molecule has 0 unspecified atom stereocenters. The first-order chi connectivity index (χ1) is 11.6. The highest BCUT2D eigenvalue weighted by atomic mass is 16.5. The molecule has 0 spiro atoms. The summed E-state index contributed by atoms with van der Waals surface area (Å²) in [6, 6.07) is 9.50.